The fraction of sp³-hybridized carbons (Fsp3) is 0.286. The number of rotatable bonds is 0. The van der Waals surface area contributed by atoms with E-state index in [4.69, 9.17) is 0 Å². The van der Waals surface area contributed by atoms with E-state index in [2.05, 4.69) is 32.9 Å². The topological polar surface area (TPSA) is 24.9 Å². The predicted molar refractivity (Wildman–Crippen MR) is 56.4 cm³/mol. The first kappa shape index (κ1) is 9.06. The lowest BCUT2D eigenvalue weighted by molar-refractivity contribution is 1.10. The monoisotopic (exact) mass is 282 g/mol. The van der Waals surface area contributed by atoms with Crippen molar-refractivity contribution < 1.29 is 0 Å². The molecule has 0 bridgehead atoms. The van der Waals surface area contributed by atoms with Crippen LogP contribution >= 0.6 is 35.0 Å². The highest BCUT2D eigenvalue weighted by Gasteiger charge is 2.12. The van der Waals surface area contributed by atoms with E-state index in [1.54, 1.807) is 0 Å². The standard InChI is InChI=1S/C7H7IN2.ClH/c8-6-2-4-10-7-5(6)1-3-9-7;/h2,4H,1,3H2,(H,9,10);1H. The van der Waals surface area contributed by atoms with Gasteiger partial charge in [-0.05, 0) is 35.1 Å². The lowest BCUT2D eigenvalue weighted by Gasteiger charge is -1.97. The number of hydrogen-bond acceptors (Lipinski definition) is 2. The largest absolute Gasteiger partial charge is 0.369 e. The number of pyridine rings is 1. The first-order valence-corrected chi connectivity index (χ1v) is 4.33. The molecule has 0 aliphatic carbocycles. The number of nitrogens with one attached hydrogen (secondary N) is 1. The summed E-state index contributed by atoms with van der Waals surface area (Å²) in [6.45, 7) is 1.04. The molecule has 0 aromatic carbocycles. The van der Waals surface area contributed by atoms with Gasteiger partial charge in [0.2, 0.25) is 0 Å². The van der Waals surface area contributed by atoms with Gasteiger partial charge in [-0.15, -0.1) is 12.4 Å². The Bertz CT molecular complexity index is 265. The third-order valence-electron chi connectivity index (χ3n) is 1.67. The number of aromatic nitrogens is 1. The summed E-state index contributed by atoms with van der Waals surface area (Å²) in [6, 6.07) is 2.05. The van der Waals surface area contributed by atoms with Crippen LogP contribution in [0.2, 0.25) is 0 Å². The van der Waals surface area contributed by atoms with Crippen molar-refractivity contribution in [3.8, 4) is 0 Å². The van der Waals surface area contributed by atoms with Gasteiger partial charge in [0, 0.05) is 21.9 Å². The maximum absolute atomic E-state index is 4.20. The molecule has 1 aliphatic rings. The van der Waals surface area contributed by atoms with Crippen molar-refractivity contribution in [1.82, 2.24) is 4.98 Å². The molecule has 1 aromatic heterocycles. The SMILES string of the molecule is Cl.Ic1ccnc2c1CCN2. The highest BCUT2D eigenvalue weighted by molar-refractivity contribution is 14.1. The molecule has 11 heavy (non-hydrogen) atoms. The van der Waals surface area contributed by atoms with Gasteiger partial charge in [0.15, 0.2) is 0 Å². The first-order chi connectivity index (χ1) is 4.88. The second-order valence-corrected chi connectivity index (χ2v) is 3.46. The molecule has 2 nitrogen and oxygen atoms in total. The van der Waals surface area contributed by atoms with Gasteiger partial charge in [0.25, 0.3) is 0 Å². The second kappa shape index (κ2) is 3.58. The van der Waals surface area contributed by atoms with Crippen LogP contribution in [0.25, 0.3) is 0 Å². The van der Waals surface area contributed by atoms with Crippen molar-refractivity contribution in [2.24, 2.45) is 0 Å². The van der Waals surface area contributed by atoms with Crippen LogP contribution < -0.4 is 5.32 Å². The van der Waals surface area contributed by atoms with E-state index in [0.29, 0.717) is 0 Å². The molecule has 2 heterocycles. The molecule has 0 atom stereocenters. The number of nitrogens with zero attached hydrogens (tertiary/aromatic N) is 1. The Morgan fingerprint density at radius 3 is 3.09 bits per heavy atom. The van der Waals surface area contributed by atoms with Gasteiger partial charge in [-0.2, -0.15) is 0 Å². The van der Waals surface area contributed by atoms with Crippen LogP contribution in [0.5, 0.6) is 0 Å². The van der Waals surface area contributed by atoms with Crippen molar-refractivity contribution in [1.29, 1.82) is 0 Å². The Morgan fingerprint density at radius 2 is 2.36 bits per heavy atom. The summed E-state index contributed by atoms with van der Waals surface area (Å²) in [4.78, 5) is 4.20. The van der Waals surface area contributed by atoms with Gasteiger partial charge in [-0.25, -0.2) is 4.98 Å². The van der Waals surface area contributed by atoms with E-state index in [1.165, 1.54) is 9.13 Å². The first-order valence-electron chi connectivity index (χ1n) is 3.25. The van der Waals surface area contributed by atoms with Gasteiger partial charge < -0.3 is 5.32 Å². The zero-order chi connectivity index (χ0) is 6.97. The van der Waals surface area contributed by atoms with E-state index in [0.717, 1.165) is 18.8 Å². The predicted octanol–water partition coefficient (Wildman–Crippen LogP) is 2.08. The minimum Gasteiger partial charge on any atom is -0.369 e. The Labute approximate surface area is 85.3 Å². The smallest absolute Gasteiger partial charge is 0.130 e. The lowest BCUT2D eigenvalue weighted by Crippen LogP contribution is -1.92. The molecular formula is C7H8ClIN2. The summed E-state index contributed by atoms with van der Waals surface area (Å²) in [7, 11) is 0. The van der Waals surface area contributed by atoms with Crippen LogP contribution in [0.4, 0.5) is 5.82 Å². The summed E-state index contributed by atoms with van der Waals surface area (Å²) in [6.07, 6.45) is 2.97. The van der Waals surface area contributed by atoms with Crippen LogP contribution in [-0.2, 0) is 6.42 Å². The molecule has 0 fully saturated rings. The Balaban J connectivity index is 0.000000605. The van der Waals surface area contributed by atoms with Crippen molar-refractivity contribution in [3.05, 3.63) is 21.4 Å². The molecule has 0 amide bonds. The maximum atomic E-state index is 4.20. The zero-order valence-corrected chi connectivity index (χ0v) is 8.78. The summed E-state index contributed by atoms with van der Waals surface area (Å²) in [5, 5.41) is 3.23. The average Bonchev–Trinajstić information content (AvgIpc) is 2.36. The van der Waals surface area contributed by atoms with E-state index >= 15 is 0 Å². The molecule has 4 heteroatoms. The van der Waals surface area contributed by atoms with Gasteiger partial charge >= 0.3 is 0 Å². The number of anilines is 1. The molecule has 0 saturated heterocycles. The molecule has 1 aromatic rings. The van der Waals surface area contributed by atoms with Crippen LogP contribution in [-0.4, -0.2) is 11.5 Å². The van der Waals surface area contributed by atoms with Crippen molar-refractivity contribution in [2.75, 3.05) is 11.9 Å². The molecule has 0 unspecified atom stereocenters. The molecule has 1 N–H and O–H groups in total. The minimum absolute atomic E-state index is 0. The van der Waals surface area contributed by atoms with Gasteiger partial charge in [0.1, 0.15) is 5.82 Å². The highest BCUT2D eigenvalue weighted by Crippen LogP contribution is 2.23. The van der Waals surface area contributed by atoms with Gasteiger partial charge in [-0.1, -0.05) is 0 Å². The third-order valence-corrected chi connectivity index (χ3v) is 2.68. The van der Waals surface area contributed by atoms with Crippen LogP contribution in [0.1, 0.15) is 5.56 Å². The van der Waals surface area contributed by atoms with E-state index in [1.807, 2.05) is 12.3 Å². The fourth-order valence-electron chi connectivity index (χ4n) is 1.16. The maximum Gasteiger partial charge on any atom is 0.130 e. The molecule has 60 valence electrons. The van der Waals surface area contributed by atoms with Gasteiger partial charge in [0.05, 0.1) is 0 Å². The molecular weight excluding hydrogens is 274 g/mol. The molecule has 0 saturated carbocycles. The van der Waals surface area contributed by atoms with Crippen molar-refractivity contribution >= 4 is 40.8 Å². The Kier molecular flexibility index (Phi) is 2.95. The van der Waals surface area contributed by atoms with E-state index in [9.17, 15) is 0 Å². The normalized spacial score (nSPS) is 13.2. The van der Waals surface area contributed by atoms with Crippen molar-refractivity contribution in [2.45, 2.75) is 6.42 Å². The number of hydrogen-bond donors (Lipinski definition) is 1. The number of fused-ring (bicyclic) bond motifs is 1. The number of halogens is 2. The summed E-state index contributed by atoms with van der Waals surface area (Å²) >= 11 is 2.35. The molecule has 0 radical (unpaired) electrons. The second-order valence-electron chi connectivity index (χ2n) is 2.30. The summed E-state index contributed by atoms with van der Waals surface area (Å²) in [5.41, 5.74) is 1.38. The summed E-state index contributed by atoms with van der Waals surface area (Å²) < 4.78 is 1.33. The van der Waals surface area contributed by atoms with Crippen LogP contribution in [0.15, 0.2) is 12.3 Å². The fourth-order valence-corrected chi connectivity index (χ4v) is 1.85. The lowest BCUT2D eigenvalue weighted by atomic mass is 10.2. The van der Waals surface area contributed by atoms with Crippen LogP contribution in [0.3, 0.4) is 0 Å². The molecule has 2 rings (SSSR count). The van der Waals surface area contributed by atoms with Crippen LogP contribution in [0, 0.1) is 3.57 Å². The van der Waals surface area contributed by atoms with Gasteiger partial charge in [-0.3, -0.25) is 0 Å². The highest BCUT2D eigenvalue weighted by atomic mass is 127. The third kappa shape index (κ3) is 1.59. The van der Waals surface area contributed by atoms with Crippen molar-refractivity contribution in [3.63, 3.8) is 0 Å². The quantitative estimate of drug-likeness (QED) is 0.737. The Hall–Kier alpha value is -0.0300. The van der Waals surface area contributed by atoms with E-state index < -0.39 is 0 Å². The average molecular weight is 283 g/mol. The zero-order valence-electron chi connectivity index (χ0n) is 5.80. The molecule has 1 aliphatic heterocycles. The van der Waals surface area contributed by atoms with E-state index in [-0.39, 0.29) is 12.4 Å². The Morgan fingerprint density at radius 1 is 1.55 bits per heavy atom. The minimum atomic E-state index is 0. The molecule has 0 spiro atoms. The summed E-state index contributed by atoms with van der Waals surface area (Å²) in [5.74, 6) is 1.08.